The summed E-state index contributed by atoms with van der Waals surface area (Å²) in [6.07, 6.45) is 1.86. The highest BCUT2D eigenvalue weighted by atomic mass is 79.9. The first-order chi connectivity index (χ1) is 7.08. The fourth-order valence-electron chi connectivity index (χ4n) is 1.47. The summed E-state index contributed by atoms with van der Waals surface area (Å²) in [6, 6.07) is -0.141. The first-order valence-corrected chi connectivity index (χ1v) is 5.49. The lowest BCUT2D eigenvalue weighted by molar-refractivity contribution is -0.117. The number of aromatic nitrogens is 2. The Kier molecular flexibility index (Phi) is 2.90. The summed E-state index contributed by atoms with van der Waals surface area (Å²) in [5.74, 6) is 0.436. The molecule has 1 aromatic rings. The van der Waals surface area contributed by atoms with E-state index in [0.29, 0.717) is 23.3 Å². The minimum Gasteiger partial charge on any atom is -0.326 e. The van der Waals surface area contributed by atoms with Crippen LogP contribution < -0.4 is 10.6 Å². The van der Waals surface area contributed by atoms with Crippen LogP contribution in [0.2, 0.25) is 5.28 Å². The molecule has 15 heavy (non-hydrogen) atoms. The molecule has 5 nitrogen and oxygen atoms in total. The number of hydrogen-bond donors (Lipinski definition) is 1. The third-order valence-electron chi connectivity index (χ3n) is 2.11. The minimum atomic E-state index is -0.141. The van der Waals surface area contributed by atoms with Crippen molar-refractivity contribution in [2.45, 2.75) is 12.5 Å². The summed E-state index contributed by atoms with van der Waals surface area (Å²) in [4.78, 5) is 20.9. The van der Waals surface area contributed by atoms with Crippen LogP contribution >= 0.6 is 27.5 Å². The summed E-state index contributed by atoms with van der Waals surface area (Å²) >= 11 is 8.94. The van der Waals surface area contributed by atoms with Gasteiger partial charge in [-0.25, -0.2) is 4.98 Å². The molecule has 1 aliphatic rings. The first kappa shape index (κ1) is 10.8. The van der Waals surface area contributed by atoms with Gasteiger partial charge in [-0.1, -0.05) is 0 Å². The van der Waals surface area contributed by atoms with Gasteiger partial charge in [0.1, 0.15) is 0 Å². The summed E-state index contributed by atoms with van der Waals surface area (Å²) in [5, 5.41) is 0.112. The quantitative estimate of drug-likeness (QED) is 0.782. The van der Waals surface area contributed by atoms with E-state index in [1.165, 1.54) is 11.1 Å². The van der Waals surface area contributed by atoms with Crippen molar-refractivity contribution in [3.05, 3.63) is 16.0 Å². The lowest BCUT2D eigenvalue weighted by Crippen LogP contribution is -2.29. The Hall–Kier alpha value is -0.720. The molecule has 0 bridgehead atoms. The molecule has 1 aliphatic heterocycles. The summed E-state index contributed by atoms with van der Waals surface area (Å²) in [6.45, 7) is 0.463. The fraction of sp³-hybridized carbons (Fsp3) is 0.375. The smallest absolute Gasteiger partial charge is 0.229 e. The zero-order chi connectivity index (χ0) is 11.0. The molecule has 0 aromatic carbocycles. The molecule has 7 heteroatoms. The minimum absolute atomic E-state index is 0.0435. The van der Waals surface area contributed by atoms with E-state index in [1.807, 2.05) is 0 Å². The van der Waals surface area contributed by atoms with Crippen LogP contribution in [0.15, 0.2) is 10.7 Å². The van der Waals surface area contributed by atoms with Crippen LogP contribution in [0.5, 0.6) is 0 Å². The zero-order valence-electron chi connectivity index (χ0n) is 7.65. The van der Waals surface area contributed by atoms with Gasteiger partial charge in [0.05, 0.1) is 4.47 Å². The van der Waals surface area contributed by atoms with Gasteiger partial charge in [-0.3, -0.25) is 9.69 Å². The Morgan fingerprint density at radius 2 is 2.40 bits per heavy atom. The van der Waals surface area contributed by atoms with Gasteiger partial charge < -0.3 is 5.73 Å². The summed E-state index contributed by atoms with van der Waals surface area (Å²) in [7, 11) is 0. The Morgan fingerprint density at radius 3 is 3.00 bits per heavy atom. The number of carbonyl (C=O) groups is 1. The Labute approximate surface area is 99.8 Å². The van der Waals surface area contributed by atoms with Crippen LogP contribution in [-0.4, -0.2) is 28.5 Å². The van der Waals surface area contributed by atoms with Gasteiger partial charge in [0, 0.05) is 25.2 Å². The standard InChI is InChI=1S/C8H8BrClN4O/c9-5-2-12-8(10)13-7(5)14-3-4(11)1-6(14)15/h2,4H,1,3,11H2. The van der Waals surface area contributed by atoms with Crippen LogP contribution in [0, 0.1) is 0 Å². The van der Waals surface area contributed by atoms with Crippen molar-refractivity contribution in [2.75, 3.05) is 11.4 Å². The third-order valence-corrected chi connectivity index (χ3v) is 2.85. The van der Waals surface area contributed by atoms with E-state index in [4.69, 9.17) is 17.3 Å². The van der Waals surface area contributed by atoms with E-state index < -0.39 is 0 Å². The molecule has 1 unspecified atom stereocenters. The van der Waals surface area contributed by atoms with Gasteiger partial charge in [-0.15, -0.1) is 0 Å². The number of anilines is 1. The molecule has 0 saturated carbocycles. The highest BCUT2D eigenvalue weighted by molar-refractivity contribution is 9.10. The molecule has 1 aromatic heterocycles. The van der Waals surface area contributed by atoms with Gasteiger partial charge >= 0.3 is 0 Å². The number of carbonyl (C=O) groups excluding carboxylic acids is 1. The Balaban J connectivity index is 2.37. The van der Waals surface area contributed by atoms with E-state index in [0.717, 1.165) is 0 Å². The molecule has 1 atom stereocenters. The Bertz CT molecular complexity index is 414. The van der Waals surface area contributed by atoms with E-state index in [2.05, 4.69) is 25.9 Å². The largest absolute Gasteiger partial charge is 0.326 e. The molecule has 1 saturated heterocycles. The fourth-order valence-corrected chi connectivity index (χ4v) is 2.00. The predicted molar refractivity (Wildman–Crippen MR) is 59.7 cm³/mol. The van der Waals surface area contributed by atoms with Gasteiger partial charge in [-0.2, -0.15) is 4.98 Å². The first-order valence-electron chi connectivity index (χ1n) is 4.32. The molecule has 0 aliphatic carbocycles. The number of rotatable bonds is 1. The number of hydrogen-bond acceptors (Lipinski definition) is 4. The van der Waals surface area contributed by atoms with Gasteiger partial charge in [-0.05, 0) is 27.5 Å². The number of amides is 1. The van der Waals surface area contributed by atoms with E-state index in [9.17, 15) is 4.79 Å². The number of nitrogens with two attached hydrogens (primary N) is 1. The van der Waals surface area contributed by atoms with Crippen LogP contribution in [0.3, 0.4) is 0 Å². The monoisotopic (exact) mass is 290 g/mol. The van der Waals surface area contributed by atoms with Crippen molar-refractivity contribution in [3.8, 4) is 0 Å². The highest BCUT2D eigenvalue weighted by Crippen LogP contribution is 2.27. The number of nitrogens with zero attached hydrogens (tertiary/aromatic N) is 3. The molecule has 1 fully saturated rings. The van der Waals surface area contributed by atoms with Crippen molar-refractivity contribution in [1.29, 1.82) is 0 Å². The summed E-state index contributed by atoms with van der Waals surface area (Å²) in [5.41, 5.74) is 5.69. The van der Waals surface area contributed by atoms with Crippen molar-refractivity contribution >= 4 is 39.3 Å². The second-order valence-electron chi connectivity index (χ2n) is 3.28. The molecule has 1 amide bonds. The van der Waals surface area contributed by atoms with Gasteiger partial charge in [0.25, 0.3) is 0 Å². The molecule has 0 spiro atoms. The molecule has 2 rings (SSSR count). The SMILES string of the molecule is NC1CC(=O)N(c2nc(Cl)ncc2Br)C1. The van der Waals surface area contributed by atoms with Crippen LogP contribution in [0.1, 0.15) is 6.42 Å². The van der Waals surface area contributed by atoms with E-state index >= 15 is 0 Å². The van der Waals surface area contributed by atoms with E-state index in [1.54, 1.807) is 0 Å². The second-order valence-corrected chi connectivity index (χ2v) is 4.47. The average molecular weight is 292 g/mol. The van der Waals surface area contributed by atoms with Gasteiger partial charge in [0.2, 0.25) is 11.2 Å². The maximum atomic E-state index is 11.6. The molecule has 80 valence electrons. The maximum Gasteiger partial charge on any atom is 0.229 e. The normalized spacial score (nSPS) is 21.1. The molecule has 2 N–H and O–H groups in total. The van der Waals surface area contributed by atoms with Crippen molar-refractivity contribution < 1.29 is 4.79 Å². The molecule has 0 radical (unpaired) electrons. The van der Waals surface area contributed by atoms with Crippen molar-refractivity contribution in [1.82, 2.24) is 9.97 Å². The highest BCUT2D eigenvalue weighted by Gasteiger charge is 2.30. The maximum absolute atomic E-state index is 11.6. The lowest BCUT2D eigenvalue weighted by atomic mass is 10.3. The molecule has 2 heterocycles. The van der Waals surface area contributed by atoms with Crippen LogP contribution in [0.25, 0.3) is 0 Å². The molecular formula is C8H8BrClN4O. The second kappa shape index (κ2) is 4.03. The van der Waals surface area contributed by atoms with Crippen LogP contribution in [-0.2, 0) is 4.79 Å². The lowest BCUT2D eigenvalue weighted by Gasteiger charge is -2.15. The predicted octanol–water partition coefficient (Wildman–Crippen LogP) is 0.956. The van der Waals surface area contributed by atoms with Crippen molar-refractivity contribution in [2.24, 2.45) is 5.73 Å². The summed E-state index contributed by atoms with van der Waals surface area (Å²) < 4.78 is 0.634. The number of halogens is 2. The Morgan fingerprint density at radius 1 is 1.67 bits per heavy atom. The van der Waals surface area contributed by atoms with Crippen LogP contribution in [0.4, 0.5) is 5.82 Å². The zero-order valence-corrected chi connectivity index (χ0v) is 9.99. The van der Waals surface area contributed by atoms with Gasteiger partial charge in [0.15, 0.2) is 5.82 Å². The van der Waals surface area contributed by atoms with E-state index in [-0.39, 0.29) is 17.2 Å². The third kappa shape index (κ3) is 2.11. The average Bonchev–Trinajstić information content (AvgIpc) is 2.50. The topological polar surface area (TPSA) is 72.1 Å². The molecular weight excluding hydrogens is 283 g/mol. The van der Waals surface area contributed by atoms with Crippen molar-refractivity contribution in [3.63, 3.8) is 0 Å².